The van der Waals surface area contributed by atoms with Crippen molar-refractivity contribution < 1.29 is 0 Å². The molecule has 1 aliphatic carbocycles. The molecule has 0 spiro atoms. The molecule has 0 amide bonds. The highest BCUT2D eigenvalue weighted by Crippen LogP contribution is 2.16. The molecule has 0 unspecified atom stereocenters. The van der Waals surface area contributed by atoms with Crippen LogP contribution in [0.3, 0.4) is 0 Å². The maximum Gasteiger partial charge on any atom is 0.00669 e. The van der Waals surface area contributed by atoms with Crippen molar-refractivity contribution in [2.75, 3.05) is 6.54 Å². The predicted molar refractivity (Wildman–Crippen MR) is 47.3 cm³/mol. The Morgan fingerprint density at radius 3 is 2.10 bits per heavy atom. The van der Waals surface area contributed by atoms with Gasteiger partial charge in [0.05, 0.1) is 0 Å². The molecular weight excluding hydrogens is 122 g/mol. The summed E-state index contributed by atoms with van der Waals surface area (Å²) in [6.07, 6.45) is 5.71. The normalized spacial score (nSPS) is 18.3. The Bertz CT molecular complexity index is 55.7. The van der Waals surface area contributed by atoms with Gasteiger partial charge in [-0.2, -0.15) is 0 Å². The van der Waals surface area contributed by atoms with E-state index in [-0.39, 0.29) is 0 Å². The molecule has 0 heterocycles. The van der Waals surface area contributed by atoms with Gasteiger partial charge in [0, 0.05) is 6.04 Å². The van der Waals surface area contributed by atoms with E-state index in [1.807, 2.05) is 13.8 Å². The second-order valence-corrected chi connectivity index (χ2v) is 2.54. The molecule has 1 rings (SSSR count). The summed E-state index contributed by atoms with van der Waals surface area (Å²) >= 11 is 0. The molecule has 0 aliphatic heterocycles. The number of nitrogens with one attached hydrogen (secondary N) is 1. The molecular formula is C9H21N. The molecule has 1 saturated carbocycles. The molecule has 1 fully saturated rings. The topological polar surface area (TPSA) is 12.0 Å². The van der Waals surface area contributed by atoms with E-state index in [0.29, 0.717) is 0 Å². The second kappa shape index (κ2) is 7.07. The molecule has 0 aromatic carbocycles. The van der Waals surface area contributed by atoms with Crippen molar-refractivity contribution in [3.05, 3.63) is 0 Å². The first-order chi connectivity index (χ1) is 4.93. The van der Waals surface area contributed by atoms with Crippen LogP contribution in [0.1, 0.15) is 46.5 Å². The molecule has 10 heavy (non-hydrogen) atoms. The maximum absolute atomic E-state index is 3.44. The van der Waals surface area contributed by atoms with Gasteiger partial charge in [-0.3, -0.25) is 0 Å². The van der Waals surface area contributed by atoms with E-state index in [0.717, 1.165) is 12.6 Å². The standard InChI is InChI=1S/C7H15N.C2H6/c1-2-8-7-5-3-4-6-7;1-2/h7-8H,2-6H2,1H3;1-2H3. The third-order valence-corrected chi connectivity index (χ3v) is 1.85. The Morgan fingerprint density at radius 1 is 1.20 bits per heavy atom. The lowest BCUT2D eigenvalue weighted by molar-refractivity contribution is 0.542. The Morgan fingerprint density at radius 2 is 1.70 bits per heavy atom. The summed E-state index contributed by atoms with van der Waals surface area (Å²) in [7, 11) is 0. The van der Waals surface area contributed by atoms with Gasteiger partial charge >= 0.3 is 0 Å². The number of hydrogen-bond acceptors (Lipinski definition) is 1. The summed E-state index contributed by atoms with van der Waals surface area (Å²) in [6.45, 7) is 7.32. The molecule has 1 nitrogen and oxygen atoms in total. The Kier molecular flexibility index (Phi) is 7.04. The van der Waals surface area contributed by atoms with E-state index >= 15 is 0 Å². The van der Waals surface area contributed by atoms with Crippen LogP contribution in [0.15, 0.2) is 0 Å². The van der Waals surface area contributed by atoms with Gasteiger partial charge < -0.3 is 5.32 Å². The van der Waals surface area contributed by atoms with Gasteiger partial charge in [-0.05, 0) is 19.4 Å². The summed E-state index contributed by atoms with van der Waals surface area (Å²) in [6, 6.07) is 0.861. The van der Waals surface area contributed by atoms with Crippen LogP contribution in [0.2, 0.25) is 0 Å². The van der Waals surface area contributed by atoms with Crippen molar-refractivity contribution in [2.45, 2.75) is 52.5 Å². The van der Waals surface area contributed by atoms with Gasteiger partial charge in [-0.25, -0.2) is 0 Å². The van der Waals surface area contributed by atoms with Crippen LogP contribution in [-0.2, 0) is 0 Å². The van der Waals surface area contributed by atoms with E-state index in [4.69, 9.17) is 0 Å². The second-order valence-electron chi connectivity index (χ2n) is 2.54. The molecule has 0 radical (unpaired) electrons. The third-order valence-electron chi connectivity index (χ3n) is 1.85. The summed E-state index contributed by atoms with van der Waals surface area (Å²) in [5.74, 6) is 0. The van der Waals surface area contributed by atoms with Crippen molar-refractivity contribution >= 4 is 0 Å². The van der Waals surface area contributed by atoms with Crippen molar-refractivity contribution in [3.63, 3.8) is 0 Å². The highest BCUT2D eigenvalue weighted by molar-refractivity contribution is 4.72. The minimum Gasteiger partial charge on any atom is -0.314 e. The van der Waals surface area contributed by atoms with Crippen LogP contribution >= 0.6 is 0 Å². The van der Waals surface area contributed by atoms with Gasteiger partial charge in [-0.15, -0.1) is 0 Å². The summed E-state index contributed by atoms with van der Waals surface area (Å²) in [5.41, 5.74) is 0. The van der Waals surface area contributed by atoms with Gasteiger partial charge in [0.2, 0.25) is 0 Å². The zero-order valence-electron chi connectivity index (χ0n) is 7.61. The monoisotopic (exact) mass is 143 g/mol. The molecule has 0 bridgehead atoms. The van der Waals surface area contributed by atoms with E-state index < -0.39 is 0 Å². The molecule has 0 atom stereocenters. The van der Waals surface area contributed by atoms with Crippen molar-refractivity contribution in [3.8, 4) is 0 Å². The molecule has 0 aromatic rings. The quantitative estimate of drug-likeness (QED) is 0.626. The van der Waals surface area contributed by atoms with E-state index in [9.17, 15) is 0 Å². The number of hydrogen-bond donors (Lipinski definition) is 1. The fraction of sp³-hybridized carbons (Fsp3) is 1.00. The van der Waals surface area contributed by atoms with Crippen LogP contribution in [0.25, 0.3) is 0 Å². The lowest BCUT2D eigenvalue weighted by Gasteiger charge is -2.07. The first-order valence-electron chi connectivity index (χ1n) is 4.67. The zero-order chi connectivity index (χ0) is 7.82. The van der Waals surface area contributed by atoms with E-state index in [1.165, 1.54) is 25.7 Å². The van der Waals surface area contributed by atoms with Gasteiger partial charge in [0.15, 0.2) is 0 Å². The number of rotatable bonds is 2. The highest BCUT2D eigenvalue weighted by atomic mass is 14.9. The van der Waals surface area contributed by atoms with Crippen molar-refractivity contribution in [1.29, 1.82) is 0 Å². The molecule has 1 N–H and O–H groups in total. The van der Waals surface area contributed by atoms with Crippen LogP contribution in [0, 0.1) is 0 Å². The summed E-state index contributed by atoms with van der Waals surface area (Å²) < 4.78 is 0. The van der Waals surface area contributed by atoms with E-state index in [2.05, 4.69) is 12.2 Å². The highest BCUT2D eigenvalue weighted by Gasteiger charge is 2.11. The summed E-state index contributed by atoms with van der Waals surface area (Å²) in [4.78, 5) is 0. The molecule has 0 saturated heterocycles. The van der Waals surface area contributed by atoms with Crippen molar-refractivity contribution in [1.82, 2.24) is 5.32 Å². The fourth-order valence-electron chi connectivity index (χ4n) is 1.42. The molecule has 62 valence electrons. The average molecular weight is 143 g/mol. The molecule has 1 aliphatic rings. The molecule has 0 aromatic heterocycles. The Labute approximate surface area is 65.2 Å². The predicted octanol–water partition coefficient (Wildman–Crippen LogP) is 2.56. The fourth-order valence-corrected chi connectivity index (χ4v) is 1.42. The maximum atomic E-state index is 3.44. The Balaban J connectivity index is 0.000000371. The largest absolute Gasteiger partial charge is 0.314 e. The van der Waals surface area contributed by atoms with Crippen LogP contribution in [0.5, 0.6) is 0 Å². The smallest absolute Gasteiger partial charge is 0.00669 e. The average Bonchev–Trinajstić information content (AvgIpc) is 2.46. The van der Waals surface area contributed by atoms with Crippen LogP contribution in [0.4, 0.5) is 0 Å². The Hall–Kier alpha value is -0.0400. The first-order valence-corrected chi connectivity index (χ1v) is 4.67. The van der Waals surface area contributed by atoms with Crippen LogP contribution in [-0.4, -0.2) is 12.6 Å². The first kappa shape index (κ1) is 9.96. The van der Waals surface area contributed by atoms with Gasteiger partial charge in [0.1, 0.15) is 0 Å². The zero-order valence-corrected chi connectivity index (χ0v) is 7.61. The lowest BCUT2D eigenvalue weighted by atomic mass is 10.2. The van der Waals surface area contributed by atoms with Crippen molar-refractivity contribution in [2.24, 2.45) is 0 Å². The minimum absolute atomic E-state index is 0.861. The summed E-state index contributed by atoms with van der Waals surface area (Å²) in [5, 5.41) is 3.44. The SMILES string of the molecule is CC.CCNC1CCCC1. The molecule has 1 heteroatoms. The van der Waals surface area contributed by atoms with Gasteiger partial charge in [0.25, 0.3) is 0 Å². The van der Waals surface area contributed by atoms with Crippen LogP contribution < -0.4 is 5.32 Å². The minimum atomic E-state index is 0.861. The van der Waals surface area contributed by atoms with E-state index in [1.54, 1.807) is 0 Å². The van der Waals surface area contributed by atoms with Gasteiger partial charge in [-0.1, -0.05) is 33.6 Å². The lowest BCUT2D eigenvalue weighted by Crippen LogP contribution is -2.24. The third kappa shape index (κ3) is 3.89.